The van der Waals surface area contributed by atoms with Crippen LogP contribution in [-0.4, -0.2) is 44.4 Å². The lowest BCUT2D eigenvalue weighted by atomic mass is 9.98. The van der Waals surface area contributed by atoms with Gasteiger partial charge in [-0.1, -0.05) is 48.5 Å². The Bertz CT molecular complexity index is 1410. The summed E-state index contributed by atoms with van der Waals surface area (Å²) in [5, 5.41) is 19.6. The van der Waals surface area contributed by atoms with Crippen LogP contribution in [0.2, 0.25) is 0 Å². The van der Waals surface area contributed by atoms with E-state index in [-0.39, 0.29) is 34.9 Å². The van der Waals surface area contributed by atoms with Crippen LogP contribution in [0.4, 0.5) is 15.7 Å². The van der Waals surface area contributed by atoms with Gasteiger partial charge in [0.2, 0.25) is 0 Å². The molecule has 0 radical (unpaired) electrons. The Kier molecular flexibility index (Phi) is 5.75. The number of amides is 2. The summed E-state index contributed by atoms with van der Waals surface area (Å²) in [6.07, 6.45) is -0.675. The Hall–Kier alpha value is -4.51. The highest BCUT2D eigenvalue weighted by Crippen LogP contribution is 2.44. The number of nitrogens with zero attached hydrogens (tertiary/aromatic N) is 3. The molecular weight excluding hydrogens is 470 g/mol. The van der Waals surface area contributed by atoms with Gasteiger partial charge in [0.15, 0.2) is 10.8 Å². The van der Waals surface area contributed by atoms with Crippen molar-refractivity contribution in [2.45, 2.75) is 5.92 Å². The van der Waals surface area contributed by atoms with Crippen LogP contribution < -0.4 is 10.6 Å². The molecule has 0 aliphatic heterocycles. The lowest BCUT2D eigenvalue weighted by Gasteiger charge is -2.14. The summed E-state index contributed by atoms with van der Waals surface area (Å²) >= 11 is 1.07. The normalized spacial score (nSPS) is 12.0. The third kappa shape index (κ3) is 4.36. The van der Waals surface area contributed by atoms with Crippen LogP contribution in [-0.2, 0) is 11.8 Å². The minimum atomic E-state index is -1.20. The molecule has 2 heterocycles. The van der Waals surface area contributed by atoms with Gasteiger partial charge in [-0.2, -0.15) is 5.10 Å². The first-order valence-corrected chi connectivity index (χ1v) is 11.4. The molecule has 10 nitrogen and oxygen atoms in total. The molecule has 3 N–H and O–H groups in total. The Balaban J connectivity index is 1.21. The standard InChI is InChI=1S/C24H19N5O5S/c1-29-20(10-18(28-29)22(31)32)26-21(30)19-12-35-23(25-19)27-24(33)34-11-17-15-8-4-2-6-13(15)14-7-3-5-9-16(14)17/h2-10,12,17H,11H2,1H3,(H,26,30)(H,31,32)(H,25,27,33). The van der Waals surface area contributed by atoms with E-state index in [2.05, 4.69) is 32.8 Å². The van der Waals surface area contributed by atoms with E-state index >= 15 is 0 Å². The monoisotopic (exact) mass is 489 g/mol. The van der Waals surface area contributed by atoms with Gasteiger partial charge in [-0.3, -0.25) is 14.8 Å². The summed E-state index contributed by atoms with van der Waals surface area (Å²) in [4.78, 5) is 40.1. The minimum absolute atomic E-state index is 0.0574. The summed E-state index contributed by atoms with van der Waals surface area (Å²) < 4.78 is 6.74. The fourth-order valence-electron chi connectivity index (χ4n) is 4.03. The van der Waals surface area contributed by atoms with E-state index in [1.807, 2.05) is 36.4 Å². The number of hydrogen-bond donors (Lipinski definition) is 3. The Labute approximate surface area is 203 Å². The summed E-state index contributed by atoms with van der Waals surface area (Å²) in [7, 11) is 1.51. The van der Waals surface area contributed by atoms with Crippen LogP contribution in [0.25, 0.3) is 11.1 Å². The van der Waals surface area contributed by atoms with E-state index in [9.17, 15) is 14.4 Å². The van der Waals surface area contributed by atoms with E-state index in [0.717, 1.165) is 33.6 Å². The number of carboxylic acids is 1. The first kappa shape index (κ1) is 22.3. The molecule has 0 spiro atoms. The molecule has 0 unspecified atom stereocenters. The Morgan fingerprint density at radius 2 is 1.69 bits per heavy atom. The predicted molar refractivity (Wildman–Crippen MR) is 129 cm³/mol. The molecule has 35 heavy (non-hydrogen) atoms. The predicted octanol–water partition coefficient (Wildman–Crippen LogP) is 4.19. The number of fused-ring (bicyclic) bond motifs is 3. The fourth-order valence-corrected chi connectivity index (χ4v) is 4.70. The zero-order valence-electron chi connectivity index (χ0n) is 18.4. The van der Waals surface area contributed by atoms with Crippen LogP contribution in [0.1, 0.15) is 38.0 Å². The molecule has 1 aliphatic rings. The van der Waals surface area contributed by atoms with Gasteiger partial charge in [-0.05, 0) is 22.3 Å². The number of aryl methyl sites for hydroxylation is 1. The maximum Gasteiger partial charge on any atom is 0.413 e. The summed E-state index contributed by atoms with van der Waals surface area (Å²) in [5.74, 6) is -1.64. The number of carbonyl (C=O) groups is 3. The molecular formula is C24H19N5O5S. The lowest BCUT2D eigenvalue weighted by Crippen LogP contribution is -2.18. The van der Waals surface area contributed by atoms with E-state index in [1.165, 1.54) is 23.2 Å². The summed E-state index contributed by atoms with van der Waals surface area (Å²) in [6, 6.07) is 17.3. The highest BCUT2D eigenvalue weighted by atomic mass is 32.1. The topological polar surface area (TPSA) is 135 Å². The number of aromatic nitrogens is 3. The maximum atomic E-state index is 12.5. The second-order valence-corrected chi connectivity index (χ2v) is 8.64. The Morgan fingerprint density at radius 3 is 2.31 bits per heavy atom. The quantitative estimate of drug-likeness (QED) is 0.370. The summed E-state index contributed by atoms with van der Waals surface area (Å²) in [6.45, 7) is 0.158. The molecule has 2 aromatic carbocycles. The maximum absolute atomic E-state index is 12.5. The zero-order valence-corrected chi connectivity index (χ0v) is 19.2. The molecule has 11 heteroatoms. The molecule has 0 atom stereocenters. The van der Waals surface area contributed by atoms with Crippen LogP contribution in [0, 0.1) is 0 Å². The number of carboxylic acid groups (broad SMARTS) is 1. The second kappa shape index (κ2) is 9.03. The van der Waals surface area contributed by atoms with Crippen molar-refractivity contribution in [2.75, 3.05) is 17.2 Å². The third-order valence-electron chi connectivity index (χ3n) is 5.63. The summed E-state index contributed by atoms with van der Waals surface area (Å²) in [5.41, 5.74) is 4.35. The van der Waals surface area contributed by atoms with Crippen LogP contribution in [0.5, 0.6) is 0 Å². The van der Waals surface area contributed by atoms with Crippen molar-refractivity contribution in [3.05, 3.63) is 82.5 Å². The molecule has 2 amide bonds. The van der Waals surface area contributed by atoms with Gasteiger partial charge >= 0.3 is 12.1 Å². The molecule has 0 saturated heterocycles. The number of carbonyl (C=O) groups excluding carboxylic acids is 2. The van der Waals surface area contributed by atoms with Gasteiger partial charge in [-0.25, -0.2) is 14.6 Å². The number of hydrogen-bond acceptors (Lipinski definition) is 7. The minimum Gasteiger partial charge on any atom is -0.476 e. The smallest absolute Gasteiger partial charge is 0.413 e. The molecule has 5 rings (SSSR count). The van der Waals surface area contributed by atoms with E-state index in [0.29, 0.717) is 0 Å². The molecule has 0 fully saturated rings. The van der Waals surface area contributed by atoms with Crippen LogP contribution in [0.15, 0.2) is 60.0 Å². The molecule has 0 saturated carbocycles. The van der Waals surface area contributed by atoms with E-state index < -0.39 is 18.0 Å². The number of anilines is 2. The van der Waals surface area contributed by atoms with Gasteiger partial charge < -0.3 is 15.2 Å². The van der Waals surface area contributed by atoms with Crippen molar-refractivity contribution in [2.24, 2.45) is 7.05 Å². The number of nitrogens with one attached hydrogen (secondary N) is 2. The van der Waals surface area contributed by atoms with Crippen molar-refractivity contribution in [1.82, 2.24) is 14.8 Å². The fraction of sp³-hybridized carbons (Fsp3) is 0.125. The van der Waals surface area contributed by atoms with Gasteiger partial charge in [0.05, 0.1) is 0 Å². The van der Waals surface area contributed by atoms with E-state index in [1.54, 1.807) is 0 Å². The number of thiazole rings is 1. The lowest BCUT2D eigenvalue weighted by molar-refractivity contribution is 0.0689. The largest absolute Gasteiger partial charge is 0.476 e. The van der Waals surface area contributed by atoms with Gasteiger partial charge in [0, 0.05) is 24.4 Å². The molecule has 4 aromatic rings. The van der Waals surface area contributed by atoms with Crippen molar-refractivity contribution in [1.29, 1.82) is 0 Å². The number of ether oxygens (including phenoxy) is 1. The number of aromatic carboxylic acids is 1. The van der Waals surface area contributed by atoms with Gasteiger partial charge in [0.1, 0.15) is 18.1 Å². The number of benzene rings is 2. The first-order chi connectivity index (χ1) is 16.9. The zero-order chi connectivity index (χ0) is 24.5. The van der Waals surface area contributed by atoms with Crippen molar-refractivity contribution >= 4 is 40.3 Å². The molecule has 176 valence electrons. The second-order valence-electron chi connectivity index (χ2n) is 7.79. The van der Waals surface area contributed by atoms with Crippen molar-refractivity contribution < 1.29 is 24.2 Å². The van der Waals surface area contributed by atoms with Crippen LogP contribution in [0.3, 0.4) is 0 Å². The van der Waals surface area contributed by atoms with Crippen LogP contribution >= 0.6 is 11.3 Å². The van der Waals surface area contributed by atoms with Gasteiger partial charge in [-0.15, -0.1) is 11.3 Å². The number of rotatable bonds is 6. The molecule has 0 bridgehead atoms. The highest BCUT2D eigenvalue weighted by molar-refractivity contribution is 7.14. The highest BCUT2D eigenvalue weighted by Gasteiger charge is 2.29. The molecule has 1 aliphatic carbocycles. The van der Waals surface area contributed by atoms with E-state index in [4.69, 9.17) is 9.84 Å². The van der Waals surface area contributed by atoms with Crippen molar-refractivity contribution in [3.63, 3.8) is 0 Å². The Morgan fingerprint density at radius 1 is 1.03 bits per heavy atom. The average Bonchev–Trinajstić information content (AvgIpc) is 3.54. The van der Waals surface area contributed by atoms with Gasteiger partial charge in [0.25, 0.3) is 5.91 Å². The molecule has 2 aromatic heterocycles. The first-order valence-electron chi connectivity index (χ1n) is 10.6. The average molecular weight is 490 g/mol. The SMILES string of the molecule is Cn1nc(C(=O)O)cc1NC(=O)c1csc(NC(=O)OCC2c3ccccc3-c3ccccc32)n1. The van der Waals surface area contributed by atoms with Crippen molar-refractivity contribution in [3.8, 4) is 11.1 Å². The third-order valence-corrected chi connectivity index (χ3v) is 6.39.